The number of nitrogens with zero attached hydrogens (tertiary/aromatic N) is 5. The van der Waals surface area contributed by atoms with Crippen LogP contribution in [0.2, 0.25) is 0 Å². The highest BCUT2D eigenvalue weighted by Gasteiger charge is 2.27. The summed E-state index contributed by atoms with van der Waals surface area (Å²) in [5, 5.41) is 0. The highest BCUT2D eigenvalue weighted by atomic mass is 19.1. The maximum absolute atomic E-state index is 15.8. The Labute approximate surface area is 285 Å². The molecule has 0 saturated carbocycles. The van der Waals surface area contributed by atoms with Crippen molar-refractivity contribution in [3.63, 3.8) is 0 Å². The molecule has 1 fully saturated rings. The second-order valence-corrected chi connectivity index (χ2v) is 11.8. The van der Waals surface area contributed by atoms with Crippen LogP contribution in [0.15, 0.2) is 70.4 Å². The topological polar surface area (TPSA) is 168 Å². The molecular weight excluding hydrogens is 652 g/mol. The van der Waals surface area contributed by atoms with Gasteiger partial charge in [0, 0.05) is 63.7 Å². The molecule has 1 aliphatic rings. The molecular formula is C35H37F2N7O6. The average Bonchev–Trinajstić information content (AvgIpc) is 3.08. The summed E-state index contributed by atoms with van der Waals surface area (Å²) in [6, 6.07) is 9.03. The molecule has 4 N–H and O–H groups in total. The standard InChI is InChI=1S/C35H37F2N7O6/c1-21(2)43-31(30(33(39)46)34(47)44(35(43)48)24-7-5-23(36)6-8-24)22-4-10-28(26(37)20-22)50-27-12-13-40-32(38)25(27)9-11-29(45)42-16-14-41(15-17-42)18-19-49-3/h4-13,20-21H,14-19H2,1-3H3,(H2,38,40)(H2,39,46). The lowest BCUT2D eigenvalue weighted by atomic mass is 10.0. The molecule has 0 bridgehead atoms. The van der Waals surface area contributed by atoms with Crippen LogP contribution in [0.4, 0.5) is 14.6 Å². The van der Waals surface area contributed by atoms with Crippen LogP contribution in [0.3, 0.4) is 0 Å². The fourth-order valence-corrected chi connectivity index (χ4v) is 5.68. The van der Waals surface area contributed by atoms with E-state index in [1.165, 1.54) is 48.7 Å². The van der Waals surface area contributed by atoms with Gasteiger partial charge in [-0.1, -0.05) is 0 Å². The fourth-order valence-electron chi connectivity index (χ4n) is 5.68. The minimum atomic E-state index is -1.15. The molecule has 1 aliphatic heterocycles. The zero-order chi connectivity index (χ0) is 36.1. The smallest absolute Gasteiger partial charge is 0.336 e. The van der Waals surface area contributed by atoms with Gasteiger partial charge in [0.2, 0.25) is 5.91 Å². The Balaban J connectivity index is 1.46. The summed E-state index contributed by atoms with van der Waals surface area (Å²) >= 11 is 0. The first-order chi connectivity index (χ1) is 23.9. The van der Waals surface area contributed by atoms with E-state index in [0.717, 1.165) is 29.3 Å². The van der Waals surface area contributed by atoms with Gasteiger partial charge in [0.1, 0.15) is 22.9 Å². The van der Waals surface area contributed by atoms with Crippen molar-refractivity contribution in [1.82, 2.24) is 23.9 Å². The van der Waals surface area contributed by atoms with Crippen molar-refractivity contribution in [3.05, 3.63) is 104 Å². The van der Waals surface area contributed by atoms with E-state index in [0.29, 0.717) is 37.4 Å². The number of amides is 2. The molecule has 262 valence electrons. The lowest BCUT2D eigenvalue weighted by Gasteiger charge is -2.34. The maximum atomic E-state index is 15.8. The number of hydrogen-bond acceptors (Lipinski definition) is 9. The van der Waals surface area contributed by atoms with Crippen molar-refractivity contribution in [2.45, 2.75) is 19.9 Å². The molecule has 0 unspecified atom stereocenters. The van der Waals surface area contributed by atoms with Gasteiger partial charge in [-0.15, -0.1) is 0 Å². The van der Waals surface area contributed by atoms with Crippen LogP contribution in [-0.2, 0) is 9.53 Å². The van der Waals surface area contributed by atoms with E-state index in [9.17, 15) is 23.6 Å². The summed E-state index contributed by atoms with van der Waals surface area (Å²) in [6.07, 6.45) is 4.18. The van der Waals surface area contributed by atoms with Crippen molar-refractivity contribution < 1.29 is 27.8 Å². The van der Waals surface area contributed by atoms with Crippen molar-refractivity contribution in [2.75, 3.05) is 52.2 Å². The first kappa shape index (κ1) is 35.6. The third kappa shape index (κ3) is 7.48. The second kappa shape index (κ2) is 15.3. The number of anilines is 1. The van der Waals surface area contributed by atoms with Crippen LogP contribution < -0.4 is 27.5 Å². The molecule has 50 heavy (non-hydrogen) atoms. The number of pyridine rings is 1. The quantitative estimate of drug-likeness (QED) is 0.225. The van der Waals surface area contributed by atoms with E-state index in [4.69, 9.17) is 20.9 Å². The number of nitrogens with two attached hydrogens (primary N) is 2. The van der Waals surface area contributed by atoms with Gasteiger partial charge in [0.15, 0.2) is 11.6 Å². The Kier molecular flexibility index (Phi) is 10.9. The van der Waals surface area contributed by atoms with Crippen molar-refractivity contribution >= 4 is 23.7 Å². The Bertz CT molecular complexity index is 2050. The number of carbonyl (C=O) groups excluding carboxylic acids is 2. The summed E-state index contributed by atoms with van der Waals surface area (Å²) in [5.74, 6) is -2.99. The number of aromatic nitrogens is 3. The number of hydrogen-bond donors (Lipinski definition) is 2. The Hall–Kier alpha value is -5.67. The summed E-state index contributed by atoms with van der Waals surface area (Å²) in [4.78, 5) is 61.0. The molecule has 4 aromatic rings. The van der Waals surface area contributed by atoms with Crippen LogP contribution in [0, 0.1) is 11.6 Å². The van der Waals surface area contributed by atoms with Gasteiger partial charge in [-0.3, -0.25) is 23.9 Å². The largest absolute Gasteiger partial charge is 0.453 e. The zero-order valence-corrected chi connectivity index (χ0v) is 27.8. The Morgan fingerprint density at radius 3 is 2.32 bits per heavy atom. The summed E-state index contributed by atoms with van der Waals surface area (Å²) in [5.41, 5.74) is 9.39. The SMILES string of the molecule is COCCN1CCN(C(=O)C=Cc2c(Oc3ccc(-c4c(C(N)=O)c(=O)n(-c5ccc(F)cc5)c(=O)n4C(C)C)cc3F)ccnc2N)CC1. The van der Waals surface area contributed by atoms with Gasteiger partial charge in [-0.25, -0.2) is 23.1 Å². The molecule has 0 radical (unpaired) electrons. The van der Waals surface area contributed by atoms with E-state index in [1.54, 1.807) is 25.9 Å². The number of primary amides is 1. The van der Waals surface area contributed by atoms with Gasteiger partial charge in [0.05, 0.1) is 23.6 Å². The fraction of sp³-hybridized carbons (Fsp3) is 0.286. The van der Waals surface area contributed by atoms with E-state index in [1.807, 2.05) is 0 Å². The normalized spacial score (nSPS) is 13.7. The lowest BCUT2D eigenvalue weighted by molar-refractivity contribution is -0.127. The molecule has 0 aliphatic carbocycles. The minimum absolute atomic E-state index is 0.0000755. The molecule has 2 aromatic carbocycles. The molecule has 15 heteroatoms. The van der Waals surface area contributed by atoms with Gasteiger partial charge in [0.25, 0.3) is 11.5 Å². The van der Waals surface area contributed by atoms with E-state index < -0.39 is 40.4 Å². The highest BCUT2D eigenvalue weighted by Crippen LogP contribution is 2.34. The third-order valence-electron chi connectivity index (χ3n) is 8.23. The van der Waals surface area contributed by atoms with Crippen molar-refractivity contribution in [2.24, 2.45) is 5.73 Å². The first-order valence-corrected chi connectivity index (χ1v) is 15.8. The Morgan fingerprint density at radius 2 is 1.70 bits per heavy atom. The molecule has 5 rings (SSSR count). The molecule has 0 atom stereocenters. The summed E-state index contributed by atoms with van der Waals surface area (Å²) < 4.78 is 42.3. The minimum Gasteiger partial charge on any atom is -0.453 e. The molecule has 0 spiro atoms. The number of piperazine rings is 1. The van der Waals surface area contributed by atoms with E-state index in [2.05, 4.69) is 9.88 Å². The lowest BCUT2D eigenvalue weighted by Crippen LogP contribution is -2.48. The summed E-state index contributed by atoms with van der Waals surface area (Å²) in [6.45, 7) is 7.18. The molecule has 2 amide bonds. The predicted octanol–water partition coefficient (Wildman–Crippen LogP) is 3.20. The number of ether oxygens (including phenoxy) is 2. The first-order valence-electron chi connectivity index (χ1n) is 15.8. The van der Waals surface area contributed by atoms with Crippen LogP contribution in [0.1, 0.15) is 35.8 Å². The van der Waals surface area contributed by atoms with Gasteiger partial charge in [-0.2, -0.15) is 0 Å². The van der Waals surface area contributed by atoms with E-state index in [-0.39, 0.29) is 45.7 Å². The molecule has 3 heterocycles. The van der Waals surface area contributed by atoms with Crippen LogP contribution in [0.25, 0.3) is 23.0 Å². The number of nitrogen functional groups attached to an aromatic ring is 1. The number of halogens is 2. The Morgan fingerprint density at radius 1 is 1.00 bits per heavy atom. The molecule has 13 nitrogen and oxygen atoms in total. The number of rotatable bonds is 11. The number of methoxy groups -OCH3 is 1. The van der Waals surface area contributed by atoms with Gasteiger partial charge in [-0.05, 0) is 68.5 Å². The average molecular weight is 690 g/mol. The monoisotopic (exact) mass is 689 g/mol. The maximum Gasteiger partial charge on any atom is 0.336 e. The van der Waals surface area contributed by atoms with Gasteiger partial charge >= 0.3 is 5.69 Å². The second-order valence-electron chi connectivity index (χ2n) is 11.8. The van der Waals surface area contributed by atoms with Crippen LogP contribution in [0.5, 0.6) is 11.5 Å². The van der Waals surface area contributed by atoms with E-state index >= 15 is 4.39 Å². The third-order valence-corrected chi connectivity index (χ3v) is 8.23. The van der Waals surface area contributed by atoms with Crippen molar-refractivity contribution in [3.8, 4) is 28.4 Å². The van der Waals surface area contributed by atoms with Crippen molar-refractivity contribution in [1.29, 1.82) is 0 Å². The molecule has 2 aromatic heterocycles. The van der Waals surface area contributed by atoms with Gasteiger partial charge < -0.3 is 25.8 Å². The summed E-state index contributed by atoms with van der Waals surface area (Å²) in [7, 11) is 1.64. The van der Waals surface area contributed by atoms with Crippen LogP contribution in [-0.4, -0.2) is 82.2 Å². The predicted molar refractivity (Wildman–Crippen MR) is 183 cm³/mol. The zero-order valence-electron chi connectivity index (χ0n) is 27.8. The highest BCUT2D eigenvalue weighted by molar-refractivity contribution is 5.98. The number of benzene rings is 2. The van der Waals surface area contributed by atoms with Crippen LogP contribution >= 0.6 is 0 Å². The number of carbonyl (C=O) groups is 2. The molecule has 1 saturated heterocycles.